The van der Waals surface area contributed by atoms with Gasteiger partial charge in [-0.05, 0) is 41.5 Å². The molecule has 3 aromatic carbocycles. The van der Waals surface area contributed by atoms with Crippen molar-refractivity contribution in [3.05, 3.63) is 110 Å². The second kappa shape index (κ2) is 7.15. The lowest BCUT2D eigenvalue weighted by Gasteiger charge is -2.25. The van der Waals surface area contributed by atoms with Gasteiger partial charge in [0, 0.05) is 11.0 Å². The molecule has 0 aliphatic carbocycles. The molecule has 5 rings (SSSR count). The number of hydrogen-bond acceptors (Lipinski definition) is 4. The molecular formula is C24H16BrNO4. The third-order valence-electron chi connectivity index (χ3n) is 5.33. The van der Waals surface area contributed by atoms with Crippen LogP contribution in [0.3, 0.4) is 0 Å². The highest BCUT2D eigenvalue weighted by molar-refractivity contribution is 9.10. The minimum absolute atomic E-state index is 0.0730. The van der Waals surface area contributed by atoms with Crippen LogP contribution in [0.5, 0.6) is 5.75 Å². The van der Waals surface area contributed by atoms with Crippen molar-refractivity contribution in [2.75, 3.05) is 0 Å². The molecule has 1 amide bonds. The summed E-state index contributed by atoms with van der Waals surface area (Å²) in [6.45, 7) is 0.328. The summed E-state index contributed by atoms with van der Waals surface area (Å²) in [6, 6.07) is 20.7. The average Bonchev–Trinajstić information content (AvgIpc) is 3.02. The number of hydrogen-bond donors (Lipinski definition) is 1. The van der Waals surface area contributed by atoms with Crippen molar-refractivity contribution < 1.29 is 14.3 Å². The first-order valence-corrected chi connectivity index (χ1v) is 10.2. The number of aromatic hydroxyl groups is 1. The van der Waals surface area contributed by atoms with Gasteiger partial charge < -0.3 is 14.4 Å². The molecule has 1 aliphatic rings. The number of carbonyl (C=O) groups is 1. The van der Waals surface area contributed by atoms with Gasteiger partial charge in [-0.3, -0.25) is 9.59 Å². The van der Waals surface area contributed by atoms with Crippen molar-refractivity contribution in [1.29, 1.82) is 0 Å². The molecule has 6 heteroatoms. The number of halogens is 1. The average molecular weight is 462 g/mol. The molecular weight excluding hydrogens is 446 g/mol. The van der Waals surface area contributed by atoms with Crippen molar-refractivity contribution in [3.8, 4) is 5.75 Å². The summed E-state index contributed by atoms with van der Waals surface area (Å²) in [5.41, 5.74) is 2.16. The van der Waals surface area contributed by atoms with E-state index >= 15 is 0 Å². The molecule has 2 heterocycles. The van der Waals surface area contributed by atoms with Gasteiger partial charge in [-0.1, -0.05) is 58.4 Å². The predicted octanol–water partition coefficient (Wildman–Crippen LogP) is 5.01. The maximum atomic E-state index is 13.5. The summed E-state index contributed by atoms with van der Waals surface area (Å²) in [7, 11) is 0. The molecule has 5 nitrogen and oxygen atoms in total. The van der Waals surface area contributed by atoms with Crippen molar-refractivity contribution in [2.45, 2.75) is 12.6 Å². The number of rotatable bonds is 3. The predicted molar refractivity (Wildman–Crippen MR) is 116 cm³/mol. The quantitative estimate of drug-likeness (QED) is 0.465. The number of amides is 1. The number of phenolic OH excluding ortho intramolecular Hbond substituents is 1. The van der Waals surface area contributed by atoms with Crippen molar-refractivity contribution in [2.24, 2.45) is 0 Å². The van der Waals surface area contributed by atoms with E-state index in [-0.39, 0.29) is 22.8 Å². The molecule has 30 heavy (non-hydrogen) atoms. The van der Waals surface area contributed by atoms with Crippen LogP contribution >= 0.6 is 15.9 Å². The van der Waals surface area contributed by atoms with E-state index in [1.165, 1.54) is 0 Å². The molecule has 1 aromatic heterocycles. The van der Waals surface area contributed by atoms with Crippen LogP contribution in [0, 0.1) is 0 Å². The van der Waals surface area contributed by atoms with Crippen LogP contribution in [0.2, 0.25) is 0 Å². The Balaban J connectivity index is 1.74. The second-order valence-corrected chi connectivity index (χ2v) is 8.14. The Morgan fingerprint density at radius 1 is 0.967 bits per heavy atom. The molecule has 1 atom stereocenters. The first-order valence-electron chi connectivity index (χ1n) is 9.43. The highest BCUT2D eigenvalue weighted by Crippen LogP contribution is 2.39. The summed E-state index contributed by atoms with van der Waals surface area (Å²) in [5.74, 6) is -0.134. The zero-order valence-corrected chi connectivity index (χ0v) is 17.3. The monoisotopic (exact) mass is 461 g/mol. The molecule has 148 valence electrons. The van der Waals surface area contributed by atoms with Gasteiger partial charge in [0.15, 0.2) is 5.43 Å². The number of benzene rings is 3. The van der Waals surface area contributed by atoms with Crippen molar-refractivity contribution in [3.63, 3.8) is 0 Å². The normalized spacial score (nSPS) is 15.6. The maximum absolute atomic E-state index is 13.5. The summed E-state index contributed by atoms with van der Waals surface area (Å²) < 4.78 is 6.69. The fourth-order valence-electron chi connectivity index (χ4n) is 3.94. The van der Waals surface area contributed by atoms with Gasteiger partial charge in [0.2, 0.25) is 5.76 Å². The third-order valence-corrected chi connectivity index (χ3v) is 5.83. The van der Waals surface area contributed by atoms with Gasteiger partial charge in [0.1, 0.15) is 11.3 Å². The molecule has 0 unspecified atom stereocenters. The van der Waals surface area contributed by atoms with Gasteiger partial charge in [-0.2, -0.15) is 0 Å². The van der Waals surface area contributed by atoms with E-state index in [2.05, 4.69) is 15.9 Å². The molecule has 0 spiro atoms. The lowest BCUT2D eigenvalue weighted by atomic mass is 9.98. The van der Waals surface area contributed by atoms with Crippen LogP contribution in [0.1, 0.15) is 33.3 Å². The summed E-state index contributed by atoms with van der Waals surface area (Å²) in [5, 5.41) is 10.1. The van der Waals surface area contributed by atoms with E-state index in [4.69, 9.17) is 4.42 Å². The Morgan fingerprint density at radius 2 is 1.70 bits per heavy atom. The molecule has 0 saturated carbocycles. The Hall–Kier alpha value is -3.38. The highest BCUT2D eigenvalue weighted by Gasteiger charge is 2.42. The highest BCUT2D eigenvalue weighted by atomic mass is 79.9. The molecule has 0 saturated heterocycles. The number of phenols is 1. The summed E-state index contributed by atoms with van der Waals surface area (Å²) >= 11 is 3.40. The van der Waals surface area contributed by atoms with Crippen LogP contribution in [0.4, 0.5) is 0 Å². The Bertz CT molecular complexity index is 1330. The van der Waals surface area contributed by atoms with E-state index in [1.807, 2.05) is 30.3 Å². The first kappa shape index (κ1) is 18.6. The van der Waals surface area contributed by atoms with E-state index < -0.39 is 6.04 Å². The second-order valence-electron chi connectivity index (χ2n) is 7.23. The van der Waals surface area contributed by atoms with Crippen LogP contribution in [0.25, 0.3) is 11.0 Å². The van der Waals surface area contributed by atoms with E-state index in [9.17, 15) is 14.7 Å². The van der Waals surface area contributed by atoms with E-state index in [0.717, 1.165) is 15.6 Å². The van der Waals surface area contributed by atoms with Gasteiger partial charge in [0.25, 0.3) is 5.91 Å². The van der Waals surface area contributed by atoms with Gasteiger partial charge >= 0.3 is 0 Å². The zero-order chi connectivity index (χ0) is 20.8. The van der Waals surface area contributed by atoms with Gasteiger partial charge in [-0.15, -0.1) is 0 Å². The number of carbonyl (C=O) groups excluding carboxylic acids is 1. The van der Waals surface area contributed by atoms with Crippen LogP contribution in [0.15, 0.2) is 86.5 Å². The number of fused-ring (bicyclic) bond motifs is 2. The van der Waals surface area contributed by atoms with Gasteiger partial charge in [0.05, 0.1) is 17.0 Å². The largest absolute Gasteiger partial charge is 0.508 e. The third kappa shape index (κ3) is 3.00. The smallest absolute Gasteiger partial charge is 0.291 e. The Labute approximate surface area is 180 Å². The van der Waals surface area contributed by atoms with Crippen LogP contribution in [-0.2, 0) is 6.54 Å². The molecule has 0 fully saturated rings. The fraction of sp³-hybridized carbons (Fsp3) is 0.0833. The van der Waals surface area contributed by atoms with Gasteiger partial charge in [-0.25, -0.2) is 0 Å². The Kier molecular flexibility index (Phi) is 4.44. The first-order chi connectivity index (χ1) is 14.5. The minimum atomic E-state index is -0.604. The fourth-order valence-corrected chi connectivity index (χ4v) is 4.30. The molecule has 1 N–H and O–H groups in total. The zero-order valence-electron chi connectivity index (χ0n) is 15.7. The topological polar surface area (TPSA) is 70.8 Å². The number of nitrogens with zero attached hydrogens (tertiary/aromatic N) is 1. The minimum Gasteiger partial charge on any atom is -0.508 e. The van der Waals surface area contributed by atoms with E-state index in [1.54, 1.807) is 47.4 Å². The standard InChI is InChI=1S/C24H16BrNO4/c25-16-8-11-19-18(12-16)22(28)20-21(15-6-9-17(27)10-7-15)26(24(29)23(20)30-19)13-14-4-2-1-3-5-14/h1-12,21,27H,13H2/t21-/m1/s1. The van der Waals surface area contributed by atoms with Crippen LogP contribution < -0.4 is 5.43 Å². The van der Waals surface area contributed by atoms with Crippen molar-refractivity contribution >= 4 is 32.8 Å². The van der Waals surface area contributed by atoms with E-state index in [0.29, 0.717) is 23.1 Å². The summed E-state index contributed by atoms with van der Waals surface area (Å²) in [4.78, 5) is 28.5. The van der Waals surface area contributed by atoms with Crippen LogP contribution in [-0.4, -0.2) is 15.9 Å². The lowest BCUT2D eigenvalue weighted by molar-refractivity contribution is 0.0714. The lowest BCUT2D eigenvalue weighted by Crippen LogP contribution is -2.29. The van der Waals surface area contributed by atoms with Crippen molar-refractivity contribution in [1.82, 2.24) is 4.90 Å². The SMILES string of the molecule is O=C1c2oc3ccc(Br)cc3c(=O)c2[C@@H](c2ccc(O)cc2)N1Cc1ccccc1. The molecule has 1 aliphatic heterocycles. The molecule has 4 aromatic rings. The Morgan fingerprint density at radius 3 is 2.43 bits per heavy atom. The maximum Gasteiger partial charge on any atom is 0.291 e. The summed E-state index contributed by atoms with van der Waals surface area (Å²) in [6.07, 6.45) is 0. The molecule has 0 radical (unpaired) electrons. The molecule has 0 bridgehead atoms.